The van der Waals surface area contributed by atoms with Gasteiger partial charge in [-0.25, -0.2) is 10.1 Å². The van der Waals surface area contributed by atoms with Crippen LogP contribution in [0.2, 0.25) is 0 Å². The van der Waals surface area contributed by atoms with E-state index in [1.807, 2.05) is 0 Å². The van der Waals surface area contributed by atoms with Crippen molar-refractivity contribution in [1.29, 1.82) is 0 Å². The van der Waals surface area contributed by atoms with Crippen molar-refractivity contribution >= 4 is 19.4 Å². The zero-order valence-corrected chi connectivity index (χ0v) is 21.3. The number of carbonyl (C=O) groups excluding carboxylic acids is 2. The molecule has 0 aromatic heterocycles. The highest BCUT2D eigenvalue weighted by Crippen LogP contribution is 2.65. The maximum atomic E-state index is 13.2. The van der Waals surface area contributed by atoms with Gasteiger partial charge in [0.2, 0.25) is 18.6 Å². The summed E-state index contributed by atoms with van der Waals surface area (Å²) in [5, 5.41) is 19.6. The van der Waals surface area contributed by atoms with Crippen molar-refractivity contribution in [2.75, 3.05) is 6.54 Å². The summed E-state index contributed by atoms with van der Waals surface area (Å²) in [4.78, 5) is 35.0. The largest absolute Gasteiger partial charge is 0.481 e. The second kappa shape index (κ2) is 9.83. The van der Waals surface area contributed by atoms with E-state index >= 15 is 0 Å². The Bertz CT molecular complexity index is 832. The van der Waals surface area contributed by atoms with Gasteiger partial charge in [-0.15, -0.1) is 5.43 Å². The van der Waals surface area contributed by atoms with E-state index in [9.17, 15) is 19.7 Å². The maximum absolute atomic E-state index is 13.2. The number of hydrogen-bond donors (Lipinski definition) is 4. The van der Waals surface area contributed by atoms with E-state index in [0.717, 1.165) is 18.0 Å². The molecule has 1 unspecified atom stereocenters. The third kappa shape index (κ3) is 5.14. The SMILES string of the molecule is CC(C)C[C@H](NC(=O)[C@H](CCCNC1NN1[N+](=O)[O-])NC=O)B1O[C@@H]2C[C@@H]3C[C@@H](C3(C)C)[C@]2(C)O1. The van der Waals surface area contributed by atoms with Crippen molar-refractivity contribution in [3.63, 3.8) is 0 Å². The smallest absolute Gasteiger partial charge is 0.404 e. The second-order valence-corrected chi connectivity index (χ2v) is 11.6. The second-order valence-electron chi connectivity index (χ2n) is 11.6. The minimum absolute atomic E-state index is 0.0283. The molecule has 0 aromatic carbocycles. The van der Waals surface area contributed by atoms with Crippen LogP contribution in [0.5, 0.6) is 0 Å². The minimum atomic E-state index is -0.714. The molecule has 5 aliphatic rings. The van der Waals surface area contributed by atoms with E-state index < -0.39 is 24.5 Å². The first-order valence-electron chi connectivity index (χ1n) is 12.7. The molecule has 2 amide bonds. The summed E-state index contributed by atoms with van der Waals surface area (Å²) in [6.45, 7) is 11.4. The van der Waals surface area contributed by atoms with Crippen LogP contribution in [0.25, 0.3) is 0 Å². The van der Waals surface area contributed by atoms with Gasteiger partial charge in [0.05, 0.1) is 17.6 Å². The van der Waals surface area contributed by atoms with Gasteiger partial charge in [-0.05, 0) is 73.9 Å². The average molecular weight is 494 g/mol. The normalized spacial score (nSPS) is 34.0. The predicted octanol–water partition coefficient (Wildman–Crippen LogP) is 0.565. The lowest BCUT2D eigenvalue weighted by atomic mass is 9.43. The highest BCUT2D eigenvalue weighted by Gasteiger charge is 2.68. The lowest BCUT2D eigenvalue weighted by molar-refractivity contribution is -0.627. The Hall–Kier alpha value is -1.96. The van der Waals surface area contributed by atoms with Crippen LogP contribution >= 0.6 is 0 Å². The first-order valence-corrected chi connectivity index (χ1v) is 12.7. The highest BCUT2D eigenvalue weighted by molar-refractivity contribution is 6.47. The molecule has 196 valence electrons. The van der Waals surface area contributed by atoms with Crippen LogP contribution in [0.1, 0.15) is 66.7 Å². The van der Waals surface area contributed by atoms with Crippen molar-refractivity contribution in [2.24, 2.45) is 23.2 Å². The summed E-state index contributed by atoms with van der Waals surface area (Å²) in [6, 6.07) is -0.714. The predicted molar refractivity (Wildman–Crippen MR) is 127 cm³/mol. The molecule has 13 heteroatoms. The lowest BCUT2D eigenvalue weighted by Crippen LogP contribution is -2.65. The average Bonchev–Trinajstić information content (AvgIpc) is 3.46. The fourth-order valence-electron chi connectivity index (χ4n) is 6.38. The van der Waals surface area contributed by atoms with Crippen LogP contribution in [0.4, 0.5) is 0 Å². The van der Waals surface area contributed by atoms with Gasteiger partial charge in [0.15, 0.2) is 5.03 Å². The van der Waals surface area contributed by atoms with Crippen LogP contribution < -0.4 is 21.4 Å². The monoisotopic (exact) mass is 494 g/mol. The lowest BCUT2D eigenvalue weighted by Gasteiger charge is -2.64. The number of carbonyl (C=O) groups is 2. The van der Waals surface area contributed by atoms with E-state index in [-0.39, 0.29) is 29.0 Å². The number of nitrogens with zero attached hydrogens (tertiary/aromatic N) is 2. The minimum Gasteiger partial charge on any atom is -0.404 e. The summed E-state index contributed by atoms with van der Waals surface area (Å²) in [6.07, 6.45) is 3.81. The van der Waals surface area contributed by atoms with Crippen molar-refractivity contribution in [1.82, 2.24) is 26.5 Å². The molecule has 0 spiro atoms. The topological polar surface area (TPSA) is 157 Å². The molecule has 2 bridgehead atoms. The zero-order valence-electron chi connectivity index (χ0n) is 21.3. The fourth-order valence-corrected chi connectivity index (χ4v) is 6.38. The molecule has 2 aliphatic heterocycles. The molecule has 3 aliphatic carbocycles. The molecule has 35 heavy (non-hydrogen) atoms. The molecule has 0 aromatic rings. The number of amides is 2. The molecule has 4 N–H and O–H groups in total. The summed E-state index contributed by atoms with van der Waals surface area (Å²) < 4.78 is 13.0. The van der Waals surface area contributed by atoms with Gasteiger partial charge in [-0.3, -0.25) is 14.9 Å². The van der Waals surface area contributed by atoms with Gasteiger partial charge in [0.25, 0.3) is 0 Å². The van der Waals surface area contributed by atoms with Crippen LogP contribution in [-0.4, -0.2) is 66.1 Å². The standard InChI is InChI=1S/C22H39BN6O6/c1-13(2)9-18(23-34-17-11-14-10-16(21(14,3)4)22(17,5)35-23)26-19(31)15(25-12-30)7-6-8-24-20-27-28(20)29(32)33/h12-18,20,24,27H,6-11H2,1-5H3,(H,25,30)(H,26,31)/t14-,15-,16-,17+,18-,20?,22-,28?/m0/s1. The van der Waals surface area contributed by atoms with Crippen LogP contribution in [0.15, 0.2) is 0 Å². The van der Waals surface area contributed by atoms with E-state index in [4.69, 9.17) is 9.31 Å². The van der Waals surface area contributed by atoms with E-state index in [2.05, 4.69) is 56.0 Å². The molecule has 5 rings (SSSR count). The van der Waals surface area contributed by atoms with Crippen molar-refractivity contribution in [2.45, 2.75) is 96.7 Å². The number of hydrazine groups is 2. The van der Waals surface area contributed by atoms with Crippen LogP contribution in [0.3, 0.4) is 0 Å². The Morgan fingerprint density at radius 3 is 2.69 bits per heavy atom. The van der Waals surface area contributed by atoms with Gasteiger partial charge in [0, 0.05) is 0 Å². The van der Waals surface area contributed by atoms with Gasteiger partial charge in [0.1, 0.15) is 6.04 Å². The molecular formula is C22H39BN6O6. The first kappa shape index (κ1) is 26.1. The fraction of sp³-hybridized carbons (Fsp3) is 0.909. The molecule has 3 saturated carbocycles. The summed E-state index contributed by atoms with van der Waals surface area (Å²) in [5.41, 5.74) is 2.44. The van der Waals surface area contributed by atoms with E-state index in [1.165, 1.54) is 0 Å². The number of nitro groups is 1. The Kier molecular flexibility index (Phi) is 7.34. The van der Waals surface area contributed by atoms with E-state index in [0.29, 0.717) is 50.0 Å². The summed E-state index contributed by atoms with van der Waals surface area (Å²) in [7, 11) is -0.529. The quantitative estimate of drug-likeness (QED) is 0.0718. The number of rotatable bonds is 13. The van der Waals surface area contributed by atoms with Crippen molar-refractivity contribution < 1.29 is 23.9 Å². The highest BCUT2D eigenvalue weighted by atomic mass is 16.7. The molecule has 0 radical (unpaired) electrons. The Labute approximate surface area is 206 Å². The van der Waals surface area contributed by atoms with Gasteiger partial charge < -0.3 is 19.9 Å². The summed E-state index contributed by atoms with van der Waals surface area (Å²) in [5.74, 6) is 0.775. The third-order valence-electron chi connectivity index (χ3n) is 8.55. The van der Waals surface area contributed by atoms with Crippen molar-refractivity contribution in [3.8, 4) is 0 Å². The summed E-state index contributed by atoms with van der Waals surface area (Å²) >= 11 is 0. The Morgan fingerprint density at radius 1 is 1.34 bits per heavy atom. The molecule has 2 heterocycles. The first-order chi connectivity index (χ1) is 16.5. The number of nitrogens with one attached hydrogen (secondary N) is 4. The van der Waals surface area contributed by atoms with Gasteiger partial charge in [-0.1, -0.05) is 27.7 Å². The molecular weight excluding hydrogens is 455 g/mol. The number of hydrogen-bond acceptors (Lipinski definition) is 8. The Balaban J connectivity index is 1.33. The van der Waals surface area contributed by atoms with Gasteiger partial charge >= 0.3 is 7.12 Å². The molecule has 5 fully saturated rings. The zero-order chi connectivity index (χ0) is 25.5. The van der Waals surface area contributed by atoms with Crippen LogP contribution in [0, 0.1) is 33.3 Å². The molecule has 12 nitrogen and oxygen atoms in total. The van der Waals surface area contributed by atoms with Gasteiger partial charge in [-0.2, -0.15) is 0 Å². The Morgan fingerprint density at radius 2 is 2.09 bits per heavy atom. The third-order valence-corrected chi connectivity index (χ3v) is 8.55. The van der Waals surface area contributed by atoms with E-state index in [1.54, 1.807) is 0 Å². The maximum Gasteiger partial charge on any atom is 0.481 e. The molecule has 7 atom stereocenters. The van der Waals surface area contributed by atoms with Crippen LogP contribution in [-0.2, 0) is 18.9 Å². The van der Waals surface area contributed by atoms with Crippen molar-refractivity contribution in [3.05, 3.63) is 10.1 Å². The molecule has 2 saturated heterocycles.